The highest BCUT2D eigenvalue weighted by molar-refractivity contribution is 5.92. The minimum absolute atomic E-state index is 0.101. The fraction of sp³-hybridized carbons (Fsp3) is 0.379. The third-order valence-corrected chi connectivity index (χ3v) is 5.56. The van der Waals surface area contributed by atoms with E-state index in [1.54, 1.807) is 37.4 Å². The molecule has 0 aromatic heterocycles. The molecule has 2 rings (SSSR count). The second-order valence-corrected chi connectivity index (χ2v) is 8.21. The van der Waals surface area contributed by atoms with Crippen LogP contribution in [-0.4, -0.2) is 44.5 Å². The normalized spacial score (nSPS) is 12.0. The van der Waals surface area contributed by atoms with Crippen molar-refractivity contribution >= 4 is 17.5 Å². The van der Waals surface area contributed by atoms with Crippen LogP contribution in [0.25, 0.3) is 5.57 Å². The summed E-state index contributed by atoms with van der Waals surface area (Å²) in [7, 11) is 2.91. The van der Waals surface area contributed by atoms with Crippen LogP contribution in [0, 0.1) is 0 Å². The summed E-state index contributed by atoms with van der Waals surface area (Å²) in [6.45, 7) is 7.85. The summed E-state index contributed by atoms with van der Waals surface area (Å²) in [5.74, 6) is 0.305. The van der Waals surface area contributed by atoms with E-state index in [0.29, 0.717) is 29.0 Å². The van der Waals surface area contributed by atoms with Gasteiger partial charge in [-0.3, -0.25) is 4.79 Å². The van der Waals surface area contributed by atoms with Crippen molar-refractivity contribution in [3.05, 3.63) is 77.4 Å². The lowest BCUT2D eigenvalue weighted by atomic mass is 9.91. The van der Waals surface area contributed by atoms with Crippen LogP contribution in [0.3, 0.4) is 0 Å². The first-order valence-corrected chi connectivity index (χ1v) is 12.0. The van der Waals surface area contributed by atoms with Gasteiger partial charge < -0.3 is 24.1 Å². The second-order valence-electron chi connectivity index (χ2n) is 8.21. The molecule has 0 saturated heterocycles. The molecule has 36 heavy (non-hydrogen) atoms. The molecule has 0 unspecified atom stereocenters. The average Bonchev–Trinajstić information content (AvgIpc) is 2.89. The number of ether oxygens (including phenoxy) is 4. The van der Waals surface area contributed by atoms with Gasteiger partial charge in [-0.05, 0) is 59.9 Å². The van der Waals surface area contributed by atoms with E-state index in [0.717, 1.165) is 36.0 Å². The Kier molecular flexibility index (Phi) is 11.7. The van der Waals surface area contributed by atoms with E-state index >= 15 is 0 Å². The Hall–Kier alpha value is -3.58. The first kappa shape index (κ1) is 28.7. The highest BCUT2D eigenvalue weighted by atomic mass is 16.5. The van der Waals surface area contributed by atoms with E-state index in [2.05, 4.69) is 13.5 Å². The topological polar surface area (TPSA) is 91.3 Å². The van der Waals surface area contributed by atoms with Crippen molar-refractivity contribution in [1.82, 2.24) is 0 Å². The van der Waals surface area contributed by atoms with E-state index < -0.39 is 18.0 Å². The molecule has 0 fully saturated rings. The third-order valence-electron chi connectivity index (χ3n) is 5.56. The number of methoxy groups -OCH3 is 2. The molecule has 7 heteroatoms. The van der Waals surface area contributed by atoms with E-state index in [-0.39, 0.29) is 13.2 Å². The molecular formula is C29H36O7. The molecule has 1 N–H and O–H groups in total. The third kappa shape index (κ3) is 8.27. The molecule has 1 atom stereocenters. The number of benzene rings is 2. The lowest BCUT2D eigenvalue weighted by Crippen LogP contribution is -2.09. The molecule has 0 aliphatic rings. The van der Waals surface area contributed by atoms with Crippen molar-refractivity contribution in [2.45, 2.75) is 45.6 Å². The molecule has 0 radical (unpaired) electrons. The second kappa shape index (κ2) is 14.7. The molecule has 0 aliphatic heterocycles. The zero-order valence-corrected chi connectivity index (χ0v) is 21.5. The summed E-state index contributed by atoms with van der Waals surface area (Å²) >= 11 is 0. The Balaban J connectivity index is 2.53. The number of allylic oxidation sites excluding steroid dienone is 2. The summed E-state index contributed by atoms with van der Waals surface area (Å²) in [6.07, 6.45) is 4.45. The van der Waals surface area contributed by atoms with Crippen LogP contribution in [0.4, 0.5) is 0 Å². The summed E-state index contributed by atoms with van der Waals surface area (Å²) in [5, 5.41) is 9.05. The van der Waals surface area contributed by atoms with Crippen LogP contribution < -0.4 is 9.47 Å². The summed E-state index contributed by atoms with van der Waals surface area (Å²) < 4.78 is 21.7. The van der Waals surface area contributed by atoms with Crippen LogP contribution in [-0.2, 0) is 14.3 Å². The number of hydrogen-bond donors (Lipinski definition) is 1. The van der Waals surface area contributed by atoms with Gasteiger partial charge in [-0.15, -0.1) is 0 Å². The van der Waals surface area contributed by atoms with E-state index in [1.807, 2.05) is 18.2 Å². The van der Waals surface area contributed by atoms with Gasteiger partial charge in [0, 0.05) is 18.9 Å². The molecule has 194 valence electrons. The molecule has 0 heterocycles. The number of aliphatic hydroxyl groups excluding tert-OH is 1. The molecule has 0 bridgehead atoms. The van der Waals surface area contributed by atoms with Gasteiger partial charge in [-0.25, -0.2) is 4.79 Å². The predicted molar refractivity (Wildman–Crippen MR) is 139 cm³/mol. The van der Waals surface area contributed by atoms with Gasteiger partial charge in [0.25, 0.3) is 0 Å². The van der Waals surface area contributed by atoms with Crippen molar-refractivity contribution in [3.8, 4) is 11.5 Å². The maximum Gasteiger partial charge on any atom is 0.337 e. The van der Waals surface area contributed by atoms with E-state index in [4.69, 9.17) is 24.1 Å². The van der Waals surface area contributed by atoms with Crippen molar-refractivity contribution < 1.29 is 33.6 Å². The number of carbonyl (C=O) groups excluding carboxylic acids is 2. The fourth-order valence-electron chi connectivity index (χ4n) is 3.78. The Morgan fingerprint density at radius 1 is 1.14 bits per heavy atom. The van der Waals surface area contributed by atoms with Crippen molar-refractivity contribution in [2.24, 2.45) is 0 Å². The van der Waals surface area contributed by atoms with Gasteiger partial charge in [0.2, 0.25) is 0 Å². The Labute approximate surface area is 213 Å². The summed E-state index contributed by atoms with van der Waals surface area (Å²) in [6, 6.07) is 12.4. The SMILES string of the molecule is C=C(CCCC)/C(=C/C[C@@H](OC(C)=O)c1cccc(OCCO)c1)c1cc(C(=O)OC)ccc1OC. The quantitative estimate of drug-likeness (QED) is 0.266. The number of aliphatic hydroxyl groups is 1. The molecule has 2 aromatic rings. The van der Waals surface area contributed by atoms with Crippen molar-refractivity contribution in [1.29, 1.82) is 0 Å². The van der Waals surface area contributed by atoms with Crippen LogP contribution in [0.5, 0.6) is 11.5 Å². The molecule has 0 spiro atoms. The number of carbonyl (C=O) groups is 2. The first-order chi connectivity index (χ1) is 17.3. The number of esters is 2. The predicted octanol–water partition coefficient (Wildman–Crippen LogP) is 5.68. The average molecular weight is 497 g/mol. The van der Waals surface area contributed by atoms with E-state index in [1.165, 1.54) is 14.0 Å². The van der Waals surface area contributed by atoms with Gasteiger partial charge in [-0.2, -0.15) is 0 Å². The maximum atomic E-state index is 12.2. The highest BCUT2D eigenvalue weighted by Gasteiger charge is 2.19. The monoisotopic (exact) mass is 496 g/mol. The van der Waals surface area contributed by atoms with Crippen LogP contribution >= 0.6 is 0 Å². The lowest BCUT2D eigenvalue weighted by Gasteiger charge is -2.20. The van der Waals surface area contributed by atoms with Gasteiger partial charge in [0.05, 0.1) is 26.4 Å². The molecule has 0 aliphatic carbocycles. The Morgan fingerprint density at radius 2 is 1.92 bits per heavy atom. The largest absolute Gasteiger partial charge is 0.496 e. The van der Waals surface area contributed by atoms with Crippen molar-refractivity contribution in [3.63, 3.8) is 0 Å². The highest BCUT2D eigenvalue weighted by Crippen LogP contribution is 2.36. The smallest absolute Gasteiger partial charge is 0.337 e. The lowest BCUT2D eigenvalue weighted by molar-refractivity contribution is -0.146. The zero-order chi connectivity index (χ0) is 26.5. The van der Waals surface area contributed by atoms with Gasteiger partial charge in [0.15, 0.2) is 0 Å². The maximum absolute atomic E-state index is 12.2. The number of unbranched alkanes of at least 4 members (excludes halogenated alkanes) is 1. The van der Waals surface area contributed by atoms with Gasteiger partial charge in [0.1, 0.15) is 24.2 Å². The van der Waals surface area contributed by atoms with Crippen LogP contribution in [0.2, 0.25) is 0 Å². The minimum Gasteiger partial charge on any atom is -0.496 e. The molecule has 2 aromatic carbocycles. The van der Waals surface area contributed by atoms with Gasteiger partial charge >= 0.3 is 11.9 Å². The Bertz CT molecular complexity index is 1070. The van der Waals surface area contributed by atoms with Crippen LogP contribution in [0.1, 0.15) is 67.1 Å². The first-order valence-electron chi connectivity index (χ1n) is 12.0. The van der Waals surface area contributed by atoms with E-state index in [9.17, 15) is 9.59 Å². The zero-order valence-electron chi connectivity index (χ0n) is 21.5. The van der Waals surface area contributed by atoms with Crippen molar-refractivity contribution in [2.75, 3.05) is 27.4 Å². The fourth-order valence-corrected chi connectivity index (χ4v) is 3.78. The molecule has 0 amide bonds. The standard InChI is InChI=1S/C29H36O7/c1-6-7-9-20(2)25(26-19-23(29(32)34-5)12-14-28(26)33-4)13-15-27(36-21(3)31)22-10-8-11-24(18-22)35-17-16-30/h8,10-14,18-19,27,30H,2,6-7,9,15-17H2,1,3-5H3/b25-13-/t27-/m1/s1. The molecule has 7 nitrogen and oxygen atoms in total. The minimum atomic E-state index is -0.580. The van der Waals surface area contributed by atoms with Gasteiger partial charge in [-0.1, -0.05) is 38.1 Å². The summed E-state index contributed by atoms with van der Waals surface area (Å²) in [4.78, 5) is 24.2. The molecular weight excluding hydrogens is 460 g/mol. The molecule has 0 saturated carbocycles. The summed E-state index contributed by atoms with van der Waals surface area (Å²) in [5.41, 5.74) is 3.57. The van der Waals surface area contributed by atoms with Crippen LogP contribution in [0.15, 0.2) is 60.7 Å². The Morgan fingerprint density at radius 3 is 2.56 bits per heavy atom. The number of rotatable bonds is 14. The number of hydrogen-bond acceptors (Lipinski definition) is 7.